The normalized spacial score (nSPS) is 12.8. The molecule has 0 atom stereocenters. The van der Waals surface area contributed by atoms with E-state index in [0.717, 1.165) is 6.07 Å². The maximum atomic E-state index is 12.7. The van der Waals surface area contributed by atoms with Gasteiger partial charge in [-0.25, -0.2) is 0 Å². The summed E-state index contributed by atoms with van der Waals surface area (Å²) in [4.78, 5) is 0. The van der Waals surface area contributed by atoms with E-state index in [-0.39, 0.29) is 17.0 Å². The van der Waals surface area contributed by atoms with Gasteiger partial charge in [0.25, 0.3) is 0 Å². The molecule has 0 aliphatic heterocycles. The minimum Gasteiger partial charge on any atom is -0.396 e. The Morgan fingerprint density at radius 1 is 1.25 bits per heavy atom. The molecule has 2 nitrogen and oxygen atoms in total. The maximum Gasteiger partial charge on any atom is 0.417 e. The summed E-state index contributed by atoms with van der Waals surface area (Å²) in [5.74, 6) is 0. The first kappa shape index (κ1) is 17.3. The topological polar surface area (TPSA) is 32.3 Å². The van der Waals surface area contributed by atoms with Crippen molar-refractivity contribution in [3.05, 3.63) is 34.3 Å². The largest absolute Gasteiger partial charge is 0.417 e. The first-order valence-electron chi connectivity index (χ1n) is 6.33. The van der Waals surface area contributed by atoms with Crippen molar-refractivity contribution in [1.29, 1.82) is 0 Å². The first-order chi connectivity index (χ1) is 9.15. The molecule has 0 aliphatic rings. The van der Waals surface area contributed by atoms with E-state index in [1.807, 2.05) is 13.8 Å². The molecule has 20 heavy (non-hydrogen) atoms. The maximum absolute atomic E-state index is 12.7. The molecule has 0 fully saturated rings. The highest BCUT2D eigenvalue weighted by Crippen LogP contribution is 2.35. The minimum atomic E-state index is -4.44. The summed E-state index contributed by atoms with van der Waals surface area (Å²) >= 11 is 5.56. The number of hydrogen-bond acceptors (Lipinski definition) is 2. The van der Waals surface area contributed by atoms with Gasteiger partial charge in [0.15, 0.2) is 0 Å². The van der Waals surface area contributed by atoms with Crippen LogP contribution in [0.4, 0.5) is 13.2 Å². The minimum absolute atomic E-state index is 0.0911. The Hall–Kier alpha value is -0.780. The van der Waals surface area contributed by atoms with Crippen LogP contribution in [0.5, 0.6) is 0 Å². The number of halogens is 4. The summed E-state index contributed by atoms with van der Waals surface area (Å²) in [6.45, 7) is 5.00. The van der Waals surface area contributed by atoms with Gasteiger partial charge in [0.1, 0.15) is 0 Å². The average Bonchev–Trinajstić information content (AvgIpc) is 2.29. The second kappa shape index (κ2) is 6.78. The highest BCUT2D eigenvalue weighted by Gasteiger charge is 2.33. The molecule has 0 unspecified atom stereocenters. The lowest BCUT2D eigenvalue weighted by Gasteiger charge is -2.24. The van der Waals surface area contributed by atoms with E-state index < -0.39 is 11.7 Å². The second-order valence-corrected chi connectivity index (χ2v) is 5.96. The summed E-state index contributed by atoms with van der Waals surface area (Å²) < 4.78 is 38.1. The van der Waals surface area contributed by atoms with E-state index >= 15 is 0 Å². The molecule has 0 aliphatic carbocycles. The quantitative estimate of drug-likeness (QED) is 0.836. The van der Waals surface area contributed by atoms with Crippen LogP contribution in [0.2, 0.25) is 5.02 Å². The van der Waals surface area contributed by atoms with Crippen LogP contribution < -0.4 is 5.32 Å². The molecular formula is C14H19ClF3NO. The molecule has 114 valence electrons. The van der Waals surface area contributed by atoms with Crippen LogP contribution in [-0.2, 0) is 12.7 Å². The van der Waals surface area contributed by atoms with Gasteiger partial charge in [-0.2, -0.15) is 13.2 Å². The Balaban J connectivity index is 2.66. The van der Waals surface area contributed by atoms with E-state index in [1.165, 1.54) is 6.07 Å². The van der Waals surface area contributed by atoms with Crippen molar-refractivity contribution in [2.24, 2.45) is 5.41 Å². The zero-order chi connectivity index (χ0) is 15.4. The number of rotatable bonds is 6. The lowest BCUT2D eigenvalue weighted by Crippen LogP contribution is -2.30. The van der Waals surface area contributed by atoms with Gasteiger partial charge in [0, 0.05) is 19.7 Å². The van der Waals surface area contributed by atoms with Gasteiger partial charge in [-0.05, 0) is 29.5 Å². The molecule has 1 aromatic rings. The van der Waals surface area contributed by atoms with Crippen molar-refractivity contribution in [3.63, 3.8) is 0 Å². The third-order valence-electron chi connectivity index (χ3n) is 3.06. The van der Waals surface area contributed by atoms with Gasteiger partial charge in [-0.15, -0.1) is 0 Å². The molecule has 0 saturated heterocycles. The molecule has 0 heterocycles. The zero-order valence-electron chi connectivity index (χ0n) is 11.5. The monoisotopic (exact) mass is 309 g/mol. The van der Waals surface area contributed by atoms with Crippen LogP contribution in [0.15, 0.2) is 18.2 Å². The van der Waals surface area contributed by atoms with Crippen LogP contribution in [0.25, 0.3) is 0 Å². The first-order valence-corrected chi connectivity index (χ1v) is 6.71. The predicted molar refractivity (Wildman–Crippen MR) is 73.6 cm³/mol. The summed E-state index contributed by atoms with van der Waals surface area (Å²) in [7, 11) is 0. The van der Waals surface area contributed by atoms with E-state index in [4.69, 9.17) is 16.7 Å². The van der Waals surface area contributed by atoms with E-state index in [1.54, 1.807) is 6.07 Å². The Morgan fingerprint density at radius 2 is 1.90 bits per heavy atom. The van der Waals surface area contributed by atoms with Crippen molar-refractivity contribution in [1.82, 2.24) is 5.32 Å². The lowest BCUT2D eigenvalue weighted by molar-refractivity contribution is -0.137. The van der Waals surface area contributed by atoms with Crippen LogP contribution >= 0.6 is 11.6 Å². The molecule has 0 aromatic heterocycles. The van der Waals surface area contributed by atoms with Crippen LogP contribution in [0.1, 0.15) is 31.4 Å². The van der Waals surface area contributed by atoms with Gasteiger partial charge >= 0.3 is 6.18 Å². The molecule has 0 spiro atoms. The molecule has 0 radical (unpaired) electrons. The smallest absolute Gasteiger partial charge is 0.396 e. The third kappa shape index (κ3) is 5.31. The predicted octanol–water partition coefficient (Wildman–Crippen LogP) is 3.86. The Bertz CT molecular complexity index is 447. The third-order valence-corrected chi connectivity index (χ3v) is 3.39. The zero-order valence-corrected chi connectivity index (χ0v) is 12.3. The fourth-order valence-electron chi connectivity index (χ4n) is 1.84. The molecule has 0 bridgehead atoms. The Morgan fingerprint density at radius 3 is 2.45 bits per heavy atom. The van der Waals surface area contributed by atoms with Gasteiger partial charge in [-0.1, -0.05) is 31.5 Å². The van der Waals surface area contributed by atoms with E-state index in [9.17, 15) is 13.2 Å². The van der Waals surface area contributed by atoms with Crippen LogP contribution in [0, 0.1) is 5.41 Å². The number of benzene rings is 1. The van der Waals surface area contributed by atoms with Gasteiger partial charge in [-0.3, -0.25) is 0 Å². The average molecular weight is 310 g/mol. The van der Waals surface area contributed by atoms with Crippen LogP contribution in [0.3, 0.4) is 0 Å². The van der Waals surface area contributed by atoms with Crippen molar-refractivity contribution in [3.8, 4) is 0 Å². The molecule has 0 saturated carbocycles. The lowest BCUT2D eigenvalue weighted by atomic mass is 9.90. The number of aliphatic hydroxyl groups is 1. The van der Waals surface area contributed by atoms with Crippen molar-refractivity contribution in [2.75, 3.05) is 13.2 Å². The summed E-state index contributed by atoms with van der Waals surface area (Å²) in [6.07, 6.45) is -3.81. The SMILES string of the molecule is CC(C)(CCO)CNCc1ccc(Cl)c(C(F)(F)F)c1. The van der Waals surface area contributed by atoms with Gasteiger partial charge in [0.05, 0.1) is 10.6 Å². The molecule has 6 heteroatoms. The van der Waals surface area contributed by atoms with Crippen molar-refractivity contribution in [2.45, 2.75) is 33.0 Å². The van der Waals surface area contributed by atoms with Gasteiger partial charge in [0.2, 0.25) is 0 Å². The standard InChI is InChI=1S/C14H19ClF3NO/c1-13(2,5-6-20)9-19-8-10-3-4-12(15)11(7-10)14(16,17)18/h3-4,7,19-20H,5-6,8-9H2,1-2H3. The van der Waals surface area contributed by atoms with Crippen molar-refractivity contribution < 1.29 is 18.3 Å². The highest BCUT2D eigenvalue weighted by atomic mass is 35.5. The number of aliphatic hydroxyl groups excluding tert-OH is 1. The van der Waals surface area contributed by atoms with Gasteiger partial charge < -0.3 is 10.4 Å². The van der Waals surface area contributed by atoms with E-state index in [2.05, 4.69) is 5.32 Å². The fourth-order valence-corrected chi connectivity index (χ4v) is 2.06. The number of alkyl halides is 3. The highest BCUT2D eigenvalue weighted by molar-refractivity contribution is 6.31. The summed E-state index contributed by atoms with van der Waals surface area (Å²) in [5.41, 5.74) is -0.386. The Kier molecular flexibility index (Phi) is 5.86. The molecule has 0 amide bonds. The number of hydrogen-bond donors (Lipinski definition) is 2. The summed E-state index contributed by atoms with van der Waals surface area (Å²) in [6, 6.07) is 3.90. The molecular weight excluding hydrogens is 291 g/mol. The van der Waals surface area contributed by atoms with Crippen molar-refractivity contribution >= 4 is 11.6 Å². The van der Waals surface area contributed by atoms with Crippen LogP contribution in [-0.4, -0.2) is 18.3 Å². The fraction of sp³-hybridized carbons (Fsp3) is 0.571. The molecule has 1 rings (SSSR count). The molecule has 2 N–H and O–H groups in total. The summed E-state index contributed by atoms with van der Waals surface area (Å²) in [5, 5.41) is 11.7. The number of nitrogens with one attached hydrogen (secondary N) is 1. The Labute approximate surface area is 121 Å². The van der Waals surface area contributed by atoms with E-state index in [0.29, 0.717) is 25.1 Å². The second-order valence-electron chi connectivity index (χ2n) is 5.55. The molecule has 1 aromatic carbocycles.